The fourth-order valence-corrected chi connectivity index (χ4v) is 2.95. The van der Waals surface area contributed by atoms with Crippen LogP contribution in [0.25, 0.3) is 0 Å². The van der Waals surface area contributed by atoms with Crippen molar-refractivity contribution in [3.8, 4) is 6.07 Å². The molecule has 0 heterocycles. The number of carbonyl (C=O) groups excluding carboxylic acids is 1. The van der Waals surface area contributed by atoms with E-state index in [1.54, 1.807) is 14.1 Å². The van der Waals surface area contributed by atoms with Crippen LogP contribution in [0, 0.1) is 11.3 Å². The number of hydrogen-bond acceptors (Lipinski definition) is 4. The van der Waals surface area contributed by atoms with Gasteiger partial charge >= 0.3 is 6.03 Å². The third kappa shape index (κ3) is 4.90. The van der Waals surface area contributed by atoms with Crippen LogP contribution in [0.3, 0.4) is 0 Å². The van der Waals surface area contributed by atoms with Crippen molar-refractivity contribution in [3.63, 3.8) is 0 Å². The van der Waals surface area contributed by atoms with E-state index in [1.807, 2.05) is 6.07 Å². The molecule has 0 aliphatic heterocycles. The molecule has 21 heavy (non-hydrogen) atoms. The van der Waals surface area contributed by atoms with E-state index in [9.17, 15) is 13.2 Å². The molecule has 0 atom stereocenters. The SMILES string of the molecule is CN(C)C(=O)NCCNS(=O)(=O)c1ccc(C#N)cc1Cl. The fraction of sp³-hybridized carbons (Fsp3) is 0.333. The lowest BCUT2D eigenvalue weighted by Gasteiger charge is -2.12. The van der Waals surface area contributed by atoms with Gasteiger partial charge in [0.1, 0.15) is 4.90 Å². The van der Waals surface area contributed by atoms with E-state index in [-0.39, 0.29) is 34.6 Å². The maximum atomic E-state index is 12.0. The molecule has 9 heteroatoms. The van der Waals surface area contributed by atoms with Crippen LogP contribution < -0.4 is 10.0 Å². The van der Waals surface area contributed by atoms with E-state index in [0.29, 0.717) is 0 Å². The normalized spacial score (nSPS) is 10.8. The number of halogens is 1. The van der Waals surface area contributed by atoms with Crippen LogP contribution in [0.5, 0.6) is 0 Å². The quantitative estimate of drug-likeness (QED) is 0.778. The number of rotatable bonds is 5. The van der Waals surface area contributed by atoms with Gasteiger partial charge in [0.15, 0.2) is 0 Å². The Hall–Kier alpha value is -1.82. The van der Waals surface area contributed by atoms with Gasteiger partial charge in [-0.2, -0.15) is 5.26 Å². The summed E-state index contributed by atoms with van der Waals surface area (Å²) in [7, 11) is -0.632. The Morgan fingerprint density at radius 2 is 2.05 bits per heavy atom. The number of amides is 2. The van der Waals surface area contributed by atoms with Crippen LogP contribution in [0.15, 0.2) is 23.1 Å². The fourth-order valence-electron chi connectivity index (χ4n) is 1.38. The Balaban J connectivity index is 2.66. The molecule has 0 unspecified atom stereocenters. The number of carbonyl (C=O) groups is 1. The number of nitriles is 1. The molecule has 0 aromatic heterocycles. The van der Waals surface area contributed by atoms with Crippen LogP contribution in [0.2, 0.25) is 5.02 Å². The van der Waals surface area contributed by atoms with Gasteiger partial charge in [0.25, 0.3) is 0 Å². The first-order chi connectivity index (χ1) is 9.77. The van der Waals surface area contributed by atoms with Gasteiger partial charge in [-0.25, -0.2) is 17.9 Å². The third-order valence-corrected chi connectivity index (χ3v) is 4.39. The van der Waals surface area contributed by atoms with E-state index >= 15 is 0 Å². The summed E-state index contributed by atoms with van der Waals surface area (Å²) in [5.41, 5.74) is 0.275. The van der Waals surface area contributed by atoms with Gasteiger partial charge in [0, 0.05) is 27.2 Å². The first-order valence-electron chi connectivity index (χ1n) is 5.92. The van der Waals surface area contributed by atoms with E-state index in [2.05, 4.69) is 10.0 Å². The second-order valence-corrected chi connectivity index (χ2v) is 6.42. The van der Waals surface area contributed by atoms with Gasteiger partial charge in [-0.3, -0.25) is 0 Å². The number of sulfonamides is 1. The molecule has 0 spiro atoms. The molecule has 114 valence electrons. The standard InChI is InChI=1S/C12H15ClN4O3S/c1-17(2)12(18)15-5-6-16-21(19,20)11-4-3-9(8-14)7-10(11)13/h3-4,7,16H,5-6H2,1-2H3,(H,15,18). The molecule has 0 aliphatic carbocycles. The van der Waals surface area contributed by atoms with E-state index in [1.165, 1.54) is 23.1 Å². The Labute approximate surface area is 128 Å². The van der Waals surface area contributed by atoms with Crippen LogP contribution in [0.1, 0.15) is 5.56 Å². The van der Waals surface area contributed by atoms with E-state index in [0.717, 1.165) is 0 Å². The Bertz CT molecular complexity index is 668. The number of nitrogens with zero attached hydrogens (tertiary/aromatic N) is 2. The van der Waals surface area contributed by atoms with Gasteiger partial charge in [0.2, 0.25) is 10.0 Å². The molecule has 1 rings (SSSR count). The van der Waals surface area contributed by atoms with Gasteiger partial charge in [-0.05, 0) is 18.2 Å². The first-order valence-corrected chi connectivity index (χ1v) is 7.78. The van der Waals surface area contributed by atoms with Gasteiger partial charge in [-0.1, -0.05) is 11.6 Å². The lowest BCUT2D eigenvalue weighted by atomic mass is 10.2. The zero-order chi connectivity index (χ0) is 16.0. The zero-order valence-electron chi connectivity index (χ0n) is 11.6. The van der Waals surface area contributed by atoms with Crippen molar-refractivity contribution in [2.24, 2.45) is 0 Å². The Morgan fingerprint density at radius 3 is 2.57 bits per heavy atom. The highest BCUT2D eigenvalue weighted by Gasteiger charge is 2.17. The van der Waals surface area contributed by atoms with E-state index in [4.69, 9.17) is 16.9 Å². The van der Waals surface area contributed by atoms with E-state index < -0.39 is 10.0 Å². The van der Waals surface area contributed by atoms with Crippen molar-refractivity contribution in [1.82, 2.24) is 14.9 Å². The smallest absolute Gasteiger partial charge is 0.316 e. The highest BCUT2D eigenvalue weighted by Crippen LogP contribution is 2.22. The predicted molar refractivity (Wildman–Crippen MR) is 78.4 cm³/mol. The van der Waals surface area contributed by atoms with Crippen molar-refractivity contribution < 1.29 is 13.2 Å². The minimum absolute atomic E-state index is 0.0260. The summed E-state index contributed by atoms with van der Waals surface area (Å²) in [6, 6.07) is 5.47. The average Bonchev–Trinajstić information content (AvgIpc) is 2.42. The number of urea groups is 1. The molecule has 0 saturated carbocycles. The molecule has 0 aliphatic rings. The van der Waals surface area contributed by atoms with Crippen LogP contribution in [-0.2, 0) is 10.0 Å². The molecular weight excluding hydrogens is 316 g/mol. The summed E-state index contributed by atoms with van der Waals surface area (Å²) < 4.78 is 26.4. The Kier molecular flexibility index (Phi) is 5.96. The molecule has 0 bridgehead atoms. The molecule has 7 nitrogen and oxygen atoms in total. The van der Waals surface area contributed by atoms with Crippen molar-refractivity contribution in [1.29, 1.82) is 5.26 Å². The minimum Gasteiger partial charge on any atom is -0.337 e. The Morgan fingerprint density at radius 1 is 1.38 bits per heavy atom. The number of benzene rings is 1. The molecule has 0 saturated heterocycles. The first kappa shape index (κ1) is 17.2. The summed E-state index contributed by atoms with van der Waals surface area (Å²) in [4.78, 5) is 12.5. The summed E-state index contributed by atoms with van der Waals surface area (Å²) in [5, 5.41) is 11.2. The molecule has 1 aromatic carbocycles. The average molecular weight is 331 g/mol. The topological polar surface area (TPSA) is 102 Å². The van der Waals surface area contributed by atoms with Gasteiger partial charge in [0.05, 0.1) is 16.7 Å². The summed E-state index contributed by atoms with van der Waals surface area (Å²) in [6.07, 6.45) is 0. The monoisotopic (exact) mass is 330 g/mol. The maximum absolute atomic E-state index is 12.0. The number of nitrogens with one attached hydrogen (secondary N) is 2. The highest BCUT2D eigenvalue weighted by molar-refractivity contribution is 7.89. The molecule has 2 amide bonds. The molecule has 2 N–H and O–H groups in total. The lowest BCUT2D eigenvalue weighted by molar-refractivity contribution is 0.217. The van der Waals surface area contributed by atoms with Gasteiger partial charge in [-0.15, -0.1) is 0 Å². The van der Waals surface area contributed by atoms with Gasteiger partial charge < -0.3 is 10.2 Å². The molecular formula is C12H15ClN4O3S. The third-order valence-electron chi connectivity index (χ3n) is 2.45. The van der Waals surface area contributed by atoms with Crippen molar-refractivity contribution in [2.75, 3.05) is 27.2 Å². The lowest BCUT2D eigenvalue weighted by Crippen LogP contribution is -2.39. The second-order valence-electron chi connectivity index (χ2n) is 4.28. The maximum Gasteiger partial charge on any atom is 0.316 e. The van der Waals surface area contributed by atoms with Crippen LogP contribution in [-0.4, -0.2) is 46.5 Å². The zero-order valence-corrected chi connectivity index (χ0v) is 13.1. The summed E-state index contributed by atoms with van der Waals surface area (Å²) in [6.45, 7) is 0.169. The van der Waals surface area contributed by atoms with Crippen molar-refractivity contribution in [2.45, 2.75) is 4.90 Å². The second kappa shape index (κ2) is 7.26. The minimum atomic E-state index is -3.79. The van der Waals surface area contributed by atoms with Crippen molar-refractivity contribution in [3.05, 3.63) is 28.8 Å². The molecule has 0 fully saturated rings. The number of hydrogen-bond donors (Lipinski definition) is 2. The van der Waals surface area contributed by atoms with Crippen LogP contribution >= 0.6 is 11.6 Å². The summed E-state index contributed by atoms with van der Waals surface area (Å²) in [5.74, 6) is 0. The van der Waals surface area contributed by atoms with Crippen LogP contribution in [0.4, 0.5) is 4.79 Å². The highest BCUT2D eigenvalue weighted by atomic mass is 35.5. The molecule has 0 radical (unpaired) electrons. The largest absolute Gasteiger partial charge is 0.337 e. The van der Waals surface area contributed by atoms with Crippen molar-refractivity contribution >= 4 is 27.7 Å². The summed E-state index contributed by atoms with van der Waals surface area (Å²) >= 11 is 5.85. The molecule has 1 aromatic rings. The predicted octanol–water partition coefficient (Wildman–Crippen LogP) is 0.761.